The van der Waals surface area contributed by atoms with Crippen molar-refractivity contribution in [3.63, 3.8) is 0 Å². The van der Waals surface area contributed by atoms with Gasteiger partial charge in [0, 0.05) is 11.1 Å². The summed E-state index contributed by atoms with van der Waals surface area (Å²) in [7, 11) is -2.81. The van der Waals surface area contributed by atoms with Crippen molar-refractivity contribution in [1.82, 2.24) is 0 Å². The van der Waals surface area contributed by atoms with Crippen LogP contribution in [0, 0.1) is 5.92 Å². The second kappa shape index (κ2) is 6.09. The Morgan fingerprint density at radius 1 is 1.20 bits per heavy atom. The highest BCUT2D eigenvalue weighted by atomic mass is 35.5. The van der Waals surface area contributed by atoms with Crippen molar-refractivity contribution in [2.45, 2.75) is 50.8 Å². The van der Waals surface area contributed by atoms with Gasteiger partial charge in [-0.05, 0) is 25.2 Å². The maximum absolute atomic E-state index is 11.4. The Labute approximate surface area is 98.3 Å². The van der Waals surface area contributed by atoms with E-state index in [1.807, 2.05) is 0 Å². The molecular formula is C11H21ClO2S. The molecule has 0 saturated heterocycles. The minimum absolute atomic E-state index is 0.194. The molecule has 0 bridgehead atoms. The predicted molar refractivity (Wildman–Crippen MR) is 65.2 cm³/mol. The molecule has 0 N–H and O–H groups in total. The van der Waals surface area contributed by atoms with Gasteiger partial charge in [-0.3, -0.25) is 0 Å². The van der Waals surface area contributed by atoms with E-state index >= 15 is 0 Å². The first kappa shape index (κ1) is 13.3. The maximum Gasteiger partial charge on any atom is 0.150 e. The minimum Gasteiger partial charge on any atom is -0.229 e. The van der Waals surface area contributed by atoms with Crippen LogP contribution in [0.2, 0.25) is 0 Å². The van der Waals surface area contributed by atoms with Crippen molar-refractivity contribution < 1.29 is 8.42 Å². The predicted octanol–water partition coefficient (Wildman–Crippen LogP) is 3.00. The van der Waals surface area contributed by atoms with E-state index < -0.39 is 9.84 Å². The lowest BCUT2D eigenvalue weighted by atomic mass is 9.97. The summed E-state index contributed by atoms with van der Waals surface area (Å²) in [4.78, 5) is 0. The fraction of sp³-hybridized carbons (Fsp3) is 1.00. The normalized spacial score (nSPS) is 28.7. The van der Waals surface area contributed by atoms with Crippen LogP contribution in [0.1, 0.15) is 45.4 Å². The van der Waals surface area contributed by atoms with Gasteiger partial charge in [0.05, 0.1) is 5.75 Å². The fourth-order valence-electron chi connectivity index (χ4n) is 2.14. The molecule has 1 aliphatic rings. The highest BCUT2D eigenvalue weighted by Gasteiger charge is 2.23. The van der Waals surface area contributed by atoms with E-state index in [9.17, 15) is 8.42 Å². The number of sulfone groups is 1. The topological polar surface area (TPSA) is 34.1 Å². The Morgan fingerprint density at radius 2 is 1.87 bits per heavy atom. The summed E-state index contributed by atoms with van der Waals surface area (Å²) >= 11 is 6.26. The van der Waals surface area contributed by atoms with E-state index in [0.717, 1.165) is 19.3 Å². The van der Waals surface area contributed by atoms with Crippen LogP contribution in [-0.2, 0) is 9.84 Å². The summed E-state index contributed by atoms with van der Waals surface area (Å²) < 4.78 is 22.8. The third-order valence-electron chi connectivity index (χ3n) is 3.31. The molecular weight excluding hydrogens is 232 g/mol. The molecule has 0 amide bonds. The van der Waals surface area contributed by atoms with Crippen molar-refractivity contribution in [3.05, 3.63) is 0 Å². The van der Waals surface area contributed by atoms with Crippen molar-refractivity contribution in [3.8, 4) is 0 Å². The second-order valence-corrected chi connectivity index (χ2v) is 7.47. The second-order valence-electron chi connectivity index (χ2n) is 4.44. The first-order valence-corrected chi connectivity index (χ1v) is 8.15. The molecule has 1 rings (SSSR count). The largest absolute Gasteiger partial charge is 0.229 e. The van der Waals surface area contributed by atoms with Crippen molar-refractivity contribution in [1.29, 1.82) is 0 Å². The number of hydrogen-bond acceptors (Lipinski definition) is 2. The molecule has 0 spiro atoms. The van der Waals surface area contributed by atoms with Gasteiger partial charge in [0.15, 0.2) is 0 Å². The van der Waals surface area contributed by atoms with E-state index in [4.69, 9.17) is 11.6 Å². The first-order valence-electron chi connectivity index (χ1n) is 5.89. The number of rotatable bonds is 4. The van der Waals surface area contributed by atoms with E-state index in [0.29, 0.717) is 11.7 Å². The average Bonchev–Trinajstić information content (AvgIpc) is 2.40. The molecule has 0 radical (unpaired) electrons. The number of hydrogen-bond donors (Lipinski definition) is 0. The van der Waals surface area contributed by atoms with Crippen LogP contribution in [0.3, 0.4) is 0 Å². The van der Waals surface area contributed by atoms with E-state index in [1.54, 1.807) is 6.92 Å². The zero-order valence-electron chi connectivity index (χ0n) is 9.41. The van der Waals surface area contributed by atoms with Crippen LogP contribution in [0.5, 0.6) is 0 Å². The Kier molecular flexibility index (Phi) is 5.41. The molecule has 4 heteroatoms. The molecule has 0 aromatic rings. The molecule has 1 saturated carbocycles. The molecule has 2 nitrogen and oxygen atoms in total. The molecule has 2 unspecified atom stereocenters. The SMILES string of the molecule is CCS(=O)(=O)CCC1CCCCCC1Cl. The van der Waals surface area contributed by atoms with Crippen molar-refractivity contribution in [2.75, 3.05) is 11.5 Å². The Balaban J connectivity index is 2.42. The first-order chi connectivity index (χ1) is 7.05. The van der Waals surface area contributed by atoms with Gasteiger partial charge < -0.3 is 0 Å². The lowest BCUT2D eigenvalue weighted by molar-refractivity contribution is 0.451. The zero-order chi connectivity index (χ0) is 11.3. The summed E-state index contributed by atoms with van der Waals surface area (Å²) in [5, 5.41) is 0.194. The zero-order valence-corrected chi connectivity index (χ0v) is 11.0. The van der Waals surface area contributed by atoms with Crippen LogP contribution in [0.4, 0.5) is 0 Å². The third-order valence-corrected chi connectivity index (χ3v) is 5.62. The van der Waals surface area contributed by atoms with Gasteiger partial charge in [-0.1, -0.05) is 26.2 Å². The lowest BCUT2D eigenvalue weighted by Crippen LogP contribution is -2.19. The van der Waals surface area contributed by atoms with Crippen LogP contribution in [0.25, 0.3) is 0 Å². The monoisotopic (exact) mass is 252 g/mol. The van der Waals surface area contributed by atoms with Crippen LogP contribution in [-0.4, -0.2) is 25.3 Å². The summed E-state index contributed by atoms with van der Waals surface area (Å²) in [6, 6.07) is 0. The van der Waals surface area contributed by atoms with Gasteiger partial charge in [-0.15, -0.1) is 11.6 Å². The average molecular weight is 253 g/mol. The molecule has 0 heterocycles. The standard InChI is InChI=1S/C11H21ClO2S/c1-2-15(13,14)9-8-10-6-4-3-5-7-11(10)12/h10-11H,2-9H2,1H3. The third kappa shape index (κ3) is 4.73. The highest BCUT2D eigenvalue weighted by molar-refractivity contribution is 7.91. The van der Waals surface area contributed by atoms with Gasteiger partial charge in [-0.25, -0.2) is 8.42 Å². The Bertz CT molecular complexity index is 274. The number of halogens is 1. The Morgan fingerprint density at radius 3 is 2.53 bits per heavy atom. The lowest BCUT2D eigenvalue weighted by Gasteiger charge is -2.18. The molecule has 0 aromatic carbocycles. The maximum atomic E-state index is 11.4. The van der Waals surface area contributed by atoms with Crippen LogP contribution >= 0.6 is 11.6 Å². The molecule has 90 valence electrons. The van der Waals surface area contributed by atoms with E-state index in [2.05, 4.69) is 0 Å². The van der Waals surface area contributed by atoms with Gasteiger partial charge in [-0.2, -0.15) is 0 Å². The molecule has 15 heavy (non-hydrogen) atoms. The summed E-state index contributed by atoms with van der Waals surface area (Å²) in [5.74, 6) is 0.986. The fourth-order valence-corrected chi connectivity index (χ4v) is 3.50. The highest BCUT2D eigenvalue weighted by Crippen LogP contribution is 2.30. The molecule has 1 fully saturated rings. The quantitative estimate of drug-likeness (QED) is 0.569. The molecule has 0 aliphatic heterocycles. The van der Waals surface area contributed by atoms with Gasteiger partial charge in [0.1, 0.15) is 9.84 Å². The summed E-state index contributed by atoms with van der Waals surface area (Å²) in [6.07, 6.45) is 6.57. The smallest absolute Gasteiger partial charge is 0.150 e. The van der Waals surface area contributed by atoms with Crippen LogP contribution in [0.15, 0.2) is 0 Å². The van der Waals surface area contributed by atoms with Crippen LogP contribution < -0.4 is 0 Å². The molecule has 0 aromatic heterocycles. The van der Waals surface area contributed by atoms with Crippen molar-refractivity contribution >= 4 is 21.4 Å². The van der Waals surface area contributed by atoms with Gasteiger partial charge in [0.2, 0.25) is 0 Å². The van der Waals surface area contributed by atoms with Gasteiger partial charge in [0.25, 0.3) is 0 Å². The molecule has 1 aliphatic carbocycles. The van der Waals surface area contributed by atoms with Gasteiger partial charge >= 0.3 is 0 Å². The van der Waals surface area contributed by atoms with Crippen molar-refractivity contribution in [2.24, 2.45) is 5.92 Å². The Hall–Kier alpha value is 0.240. The summed E-state index contributed by atoms with van der Waals surface area (Å²) in [6.45, 7) is 1.71. The van der Waals surface area contributed by atoms with E-state index in [1.165, 1.54) is 19.3 Å². The summed E-state index contributed by atoms with van der Waals surface area (Å²) in [5.41, 5.74) is 0. The minimum atomic E-state index is -2.81. The van der Waals surface area contributed by atoms with E-state index in [-0.39, 0.29) is 11.1 Å². The number of alkyl halides is 1. The molecule has 2 atom stereocenters.